The van der Waals surface area contributed by atoms with Crippen molar-refractivity contribution >= 4 is 33.9 Å². The third-order valence-electron chi connectivity index (χ3n) is 2.00. The summed E-state index contributed by atoms with van der Waals surface area (Å²) >= 11 is 4.23. The quantitative estimate of drug-likeness (QED) is 0.588. The summed E-state index contributed by atoms with van der Waals surface area (Å²) in [5.41, 5.74) is 1.26. The molecule has 0 aliphatic carbocycles. The molecule has 0 bridgehead atoms. The smallest absolute Gasteiger partial charge is 0.109 e. The highest BCUT2D eigenvalue weighted by Crippen LogP contribution is 2.36. The summed E-state index contributed by atoms with van der Waals surface area (Å²) in [7, 11) is 0. The van der Waals surface area contributed by atoms with Crippen molar-refractivity contribution in [3.8, 4) is 0 Å². The fraction of sp³-hybridized carbons (Fsp3) is 0.667. The van der Waals surface area contributed by atoms with Gasteiger partial charge in [-0.05, 0) is 13.8 Å². The van der Waals surface area contributed by atoms with Crippen molar-refractivity contribution in [2.45, 2.75) is 30.3 Å². The first-order valence-corrected chi connectivity index (χ1v) is 6.22. The molecule has 0 spiro atoms. The highest BCUT2D eigenvalue weighted by atomic mass is 127. The first-order chi connectivity index (χ1) is 6.07. The van der Waals surface area contributed by atoms with E-state index < -0.39 is 0 Å². The Morgan fingerprint density at radius 3 is 2.92 bits per heavy atom. The molecule has 2 nitrogen and oxygen atoms in total. The van der Waals surface area contributed by atoms with Gasteiger partial charge in [-0.3, -0.25) is 0 Å². The third-order valence-corrected chi connectivity index (χ3v) is 4.27. The molecule has 0 amide bonds. The average Bonchev–Trinajstić information content (AvgIpc) is 2.45. The van der Waals surface area contributed by atoms with Gasteiger partial charge in [0.25, 0.3) is 0 Å². The van der Waals surface area contributed by atoms with Gasteiger partial charge in [-0.1, -0.05) is 22.6 Å². The lowest BCUT2D eigenvalue weighted by molar-refractivity contribution is 0.112. The molecule has 72 valence electrons. The van der Waals surface area contributed by atoms with Gasteiger partial charge < -0.3 is 4.74 Å². The van der Waals surface area contributed by atoms with Crippen LogP contribution in [0.25, 0.3) is 0 Å². The predicted molar refractivity (Wildman–Crippen MR) is 62.5 cm³/mol. The van der Waals surface area contributed by atoms with Gasteiger partial charge in [0.1, 0.15) is 5.01 Å². The number of rotatable bonds is 1. The van der Waals surface area contributed by atoms with Gasteiger partial charge >= 0.3 is 0 Å². The van der Waals surface area contributed by atoms with E-state index in [2.05, 4.69) is 41.4 Å². The van der Waals surface area contributed by atoms with E-state index >= 15 is 0 Å². The number of hydrogen-bond acceptors (Lipinski definition) is 3. The zero-order valence-electron chi connectivity index (χ0n) is 7.76. The molecule has 1 aromatic rings. The summed E-state index contributed by atoms with van der Waals surface area (Å²) in [5.74, 6) is 0. The molecule has 0 unspecified atom stereocenters. The Hall–Kier alpha value is 0.320. The van der Waals surface area contributed by atoms with Gasteiger partial charge in [-0.2, -0.15) is 0 Å². The molecule has 0 saturated heterocycles. The van der Waals surface area contributed by atoms with E-state index in [4.69, 9.17) is 4.74 Å². The lowest BCUT2D eigenvalue weighted by Crippen LogP contribution is -2.08. The first-order valence-electron chi connectivity index (χ1n) is 4.33. The van der Waals surface area contributed by atoms with Gasteiger partial charge in [0.2, 0.25) is 0 Å². The second-order valence-electron chi connectivity index (χ2n) is 3.66. The molecule has 0 fully saturated rings. The maximum atomic E-state index is 5.39. The molecule has 0 N–H and O–H groups in total. The molecule has 0 atom stereocenters. The monoisotopic (exact) mass is 309 g/mol. The molecule has 1 aromatic heterocycles. The van der Waals surface area contributed by atoms with Crippen molar-refractivity contribution in [3.63, 3.8) is 0 Å². The van der Waals surface area contributed by atoms with Crippen LogP contribution in [0.3, 0.4) is 0 Å². The molecule has 4 heteroatoms. The van der Waals surface area contributed by atoms with Crippen molar-refractivity contribution in [1.29, 1.82) is 0 Å². The van der Waals surface area contributed by atoms with E-state index in [0.717, 1.165) is 19.6 Å². The number of ether oxygens (including phenoxy) is 1. The number of aromatic nitrogens is 1. The standard InChI is InChI=1S/C9H12INOS/c1-9(2,10)8-11-6-3-4-12-5-7(6)13-8/h3-5H2,1-2H3. The Bertz CT molecular complexity index is 292. The van der Waals surface area contributed by atoms with Crippen LogP contribution in [0.4, 0.5) is 0 Å². The lowest BCUT2D eigenvalue weighted by atomic mass is 10.2. The summed E-state index contributed by atoms with van der Waals surface area (Å²) in [6, 6.07) is 0. The normalized spacial score (nSPS) is 17.2. The fourth-order valence-electron chi connectivity index (χ4n) is 1.28. The molecule has 2 heterocycles. The third kappa shape index (κ3) is 2.05. The predicted octanol–water partition coefficient (Wildman–Crippen LogP) is 2.89. The second kappa shape index (κ2) is 3.47. The Morgan fingerprint density at radius 2 is 2.31 bits per heavy atom. The Balaban J connectivity index is 2.36. The largest absolute Gasteiger partial charge is 0.375 e. The summed E-state index contributed by atoms with van der Waals surface area (Å²) in [6.07, 6.45) is 0.985. The van der Waals surface area contributed by atoms with E-state index in [1.165, 1.54) is 15.6 Å². The number of alkyl halides is 1. The highest BCUT2D eigenvalue weighted by molar-refractivity contribution is 14.1. The van der Waals surface area contributed by atoms with Gasteiger partial charge in [0, 0.05) is 6.42 Å². The molecular formula is C9H12INOS. The SMILES string of the molecule is CC(C)(I)c1nc2c(s1)COCC2. The summed E-state index contributed by atoms with van der Waals surface area (Å²) < 4.78 is 5.54. The molecule has 1 aliphatic rings. The maximum Gasteiger partial charge on any atom is 0.109 e. The van der Waals surface area contributed by atoms with Crippen LogP contribution in [-0.2, 0) is 21.2 Å². The number of hydrogen-bond donors (Lipinski definition) is 0. The van der Waals surface area contributed by atoms with E-state index in [-0.39, 0.29) is 3.42 Å². The number of halogens is 1. The number of thiazole rings is 1. The van der Waals surface area contributed by atoms with E-state index in [0.29, 0.717) is 0 Å². The van der Waals surface area contributed by atoms with Gasteiger partial charge in [-0.25, -0.2) is 4.98 Å². The average molecular weight is 309 g/mol. The summed E-state index contributed by atoms with van der Waals surface area (Å²) in [5, 5.41) is 1.23. The van der Waals surface area contributed by atoms with Gasteiger partial charge in [-0.15, -0.1) is 11.3 Å². The minimum absolute atomic E-state index is 0.153. The second-order valence-corrected chi connectivity index (χ2v) is 7.44. The van der Waals surface area contributed by atoms with Crippen LogP contribution in [0, 0.1) is 0 Å². The Kier molecular flexibility index (Phi) is 2.63. The Morgan fingerprint density at radius 1 is 1.54 bits per heavy atom. The molecule has 13 heavy (non-hydrogen) atoms. The van der Waals surface area contributed by atoms with Crippen molar-refractivity contribution in [3.05, 3.63) is 15.6 Å². The van der Waals surface area contributed by atoms with Crippen LogP contribution in [0.1, 0.15) is 29.4 Å². The number of nitrogens with zero attached hydrogens (tertiary/aromatic N) is 1. The van der Waals surface area contributed by atoms with Crippen molar-refractivity contribution < 1.29 is 4.74 Å². The van der Waals surface area contributed by atoms with Crippen LogP contribution in [-0.4, -0.2) is 11.6 Å². The minimum Gasteiger partial charge on any atom is -0.375 e. The van der Waals surface area contributed by atoms with Crippen molar-refractivity contribution in [1.82, 2.24) is 4.98 Å². The Labute approximate surface area is 95.9 Å². The fourth-order valence-corrected chi connectivity index (χ4v) is 2.77. The van der Waals surface area contributed by atoms with Crippen molar-refractivity contribution in [2.75, 3.05) is 6.61 Å². The molecule has 0 radical (unpaired) electrons. The van der Waals surface area contributed by atoms with E-state index in [9.17, 15) is 0 Å². The molecule has 0 aromatic carbocycles. The van der Waals surface area contributed by atoms with Crippen LogP contribution in [0.5, 0.6) is 0 Å². The lowest BCUT2D eigenvalue weighted by Gasteiger charge is -2.10. The zero-order chi connectivity index (χ0) is 9.47. The van der Waals surface area contributed by atoms with E-state index in [1.807, 2.05) is 0 Å². The topological polar surface area (TPSA) is 22.1 Å². The van der Waals surface area contributed by atoms with Gasteiger partial charge in [0.05, 0.1) is 27.2 Å². The minimum atomic E-state index is 0.153. The maximum absolute atomic E-state index is 5.39. The summed E-state index contributed by atoms with van der Waals surface area (Å²) in [4.78, 5) is 5.98. The van der Waals surface area contributed by atoms with Crippen molar-refractivity contribution in [2.24, 2.45) is 0 Å². The van der Waals surface area contributed by atoms with Crippen LogP contribution in [0.2, 0.25) is 0 Å². The molecule has 0 saturated carbocycles. The molecule has 2 rings (SSSR count). The van der Waals surface area contributed by atoms with E-state index in [1.54, 1.807) is 11.3 Å². The zero-order valence-corrected chi connectivity index (χ0v) is 10.7. The number of fused-ring (bicyclic) bond motifs is 1. The molecule has 1 aliphatic heterocycles. The molecular weight excluding hydrogens is 297 g/mol. The van der Waals surface area contributed by atoms with Crippen LogP contribution >= 0.6 is 33.9 Å². The van der Waals surface area contributed by atoms with Crippen LogP contribution < -0.4 is 0 Å². The summed E-state index contributed by atoms with van der Waals surface area (Å²) in [6.45, 7) is 5.98. The first kappa shape index (κ1) is 9.86. The van der Waals surface area contributed by atoms with Crippen LogP contribution in [0.15, 0.2) is 0 Å². The highest BCUT2D eigenvalue weighted by Gasteiger charge is 2.24. The van der Waals surface area contributed by atoms with Gasteiger partial charge in [0.15, 0.2) is 0 Å².